The first-order chi connectivity index (χ1) is 13.3. The average molecular weight is 377 g/mol. The number of nitrogens with zero attached hydrogens (tertiary/aromatic N) is 2. The predicted octanol–water partition coefficient (Wildman–Crippen LogP) is 3.54. The number of nitrogens with one attached hydrogen (secondary N) is 2. The summed E-state index contributed by atoms with van der Waals surface area (Å²) in [7, 11) is 0. The molecular weight excluding hydrogens is 356 g/mol. The van der Waals surface area contributed by atoms with Crippen LogP contribution in [-0.2, 0) is 0 Å². The summed E-state index contributed by atoms with van der Waals surface area (Å²) in [5.74, 6) is 0.0273. The summed E-state index contributed by atoms with van der Waals surface area (Å²) in [5, 5.41) is 18.8. The molecule has 3 aromatic rings. The summed E-state index contributed by atoms with van der Waals surface area (Å²) in [6, 6.07) is 15.3. The topological polar surface area (TPSA) is 63.3 Å². The van der Waals surface area contributed by atoms with Gasteiger partial charge < -0.3 is 20.6 Å². The Labute approximate surface area is 163 Å². The van der Waals surface area contributed by atoms with Crippen LogP contribution < -0.4 is 20.6 Å². The van der Waals surface area contributed by atoms with Crippen LogP contribution in [0.5, 0.6) is 5.75 Å². The molecule has 6 heteroatoms. The standard InChI is InChI=1S/C21H22N4OS/c26-19-7-4-16(5-8-19)6-9-20-15-23-21(27-20)24-17-2-1-3-18(14-17)25-12-10-22-11-13-25/h1-9,14-15,22,26H,10-13H2,(H,23,24)/p-1/b9-6+. The van der Waals surface area contributed by atoms with Gasteiger partial charge in [-0.1, -0.05) is 47.7 Å². The van der Waals surface area contributed by atoms with E-state index in [0.29, 0.717) is 0 Å². The normalized spacial score (nSPS) is 14.6. The van der Waals surface area contributed by atoms with Crippen molar-refractivity contribution in [1.82, 2.24) is 10.3 Å². The number of thiazole rings is 1. The minimum atomic E-state index is 0.0273. The van der Waals surface area contributed by atoms with Crippen LogP contribution in [0.25, 0.3) is 12.2 Å². The van der Waals surface area contributed by atoms with E-state index in [1.165, 1.54) is 5.69 Å². The van der Waals surface area contributed by atoms with Crippen LogP contribution in [0.2, 0.25) is 0 Å². The molecule has 1 aromatic heterocycles. The first kappa shape index (κ1) is 17.6. The minimum absolute atomic E-state index is 0.0273. The second-order valence-electron chi connectivity index (χ2n) is 6.38. The van der Waals surface area contributed by atoms with Gasteiger partial charge in [-0.2, -0.15) is 0 Å². The van der Waals surface area contributed by atoms with E-state index in [1.807, 2.05) is 30.5 Å². The first-order valence-corrected chi connectivity index (χ1v) is 9.82. The summed E-state index contributed by atoms with van der Waals surface area (Å²) >= 11 is 1.60. The molecule has 0 saturated carbocycles. The fourth-order valence-corrected chi connectivity index (χ4v) is 3.74. The average Bonchev–Trinajstić information content (AvgIpc) is 3.16. The van der Waals surface area contributed by atoms with Gasteiger partial charge in [0, 0.05) is 48.6 Å². The quantitative estimate of drug-likeness (QED) is 0.712. The van der Waals surface area contributed by atoms with E-state index in [2.05, 4.69) is 44.8 Å². The molecule has 5 nitrogen and oxygen atoms in total. The van der Waals surface area contributed by atoms with E-state index in [1.54, 1.807) is 23.5 Å². The van der Waals surface area contributed by atoms with Gasteiger partial charge >= 0.3 is 0 Å². The highest BCUT2D eigenvalue weighted by atomic mass is 32.1. The second-order valence-corrected chi connectivity index (χ2v) is 7.44. The lowest BCUT2D eigenvalue weighted by atomic mass is 10.2. The Kier molecular flexibility index (Phi) is 5.37. The highest BCUT2D eigenvalue weighted by Gasteiger charge is 2.10. The Morgan fingerprint density at radius 3 is 2.70 bits per heavy atom. The molecule has 0 aliphatic carbocycles. The van der Waals surface area contributed by atoms with Crippen molar-refractivity contribution in [2.45, 2.75) is 0 Å². The number of anilines is 3. The number of aromatic nitrogens is 1. The maximum Gasteiger partial charge on any atom is 0.187 e. The van der Waals surface area contributed by atoms with Crippen molar-refractivity contribution in [3.05, 3.63) is 65.2 Å². The second kappa shape index (κ2) is 8.24. The van der Waals surface area contributed by atoms with Crippen LogP contribution in [0.15, 0.2) is 54.7 Å². The maximum atomic E-state index is 11.2. The fraction of sp³-hybridized carbons (Fsp3) is 0.190. The molecule has 27 heavy (non-hydrogen) atoms. The SMILES string of the molecule is [O-]c1ccc(/C=C/c2cnc(Nc3cccc(N4CCNCC4)c3)s2)cc1. The smallest absolute Gasteiger partial charge is 0.187 e. The zero-order valence-electron chi connectivity index (χ0n) is 14.9. The van der Waals surface area contributed by atoms with Gasteiger partial charge in [0.1, 0.15) is 0 Å². The summed E-state index contributed by atoms with van der Waals surface area (Å²) < 4.78 is 0. The number of piperazine rings is 1. The molecule has 1 aliphatic rings. The van der Waals surface area contributed by atoms with Crippen LogP contribution in [0.3, 0.4) is 0 Å². The molecule has 1 fully saturated rings. The molecule has 0 radical (unpaired) electrons. The molecule has 0 atom stereocenters. The van der Waals surface area contributed by atoms with Crippen molar-refractivity contribution in [1.29, 1.82) is 0 Å². The Morgan fingerprint density at radius 2 is 1.89 bits per heavy atom. The van der Waals surface area contributed by atoms with Crippen LogP contribution >= 0.6 is 11.3 Å². The fourth-order valence-electron chi connectivity index (χ4n) is 3.01. The molecule has 0 amide bonds. The Balaban J connectivity index is 1.42. The molecule has 2 aromatic carbocycles. The van der Waals surface area contributed by atoms with Crippen molar-refractivity contribution in [3.8, 4) is 5.75 Å². The van der Waals surface area contributed by atoms with Gasteiger partial charge in [0.2, 0.25) is 0 Å². The van der Waals surface area contributed by atoms with E-state index in [9.17, 15) is 5.11 Å². The summed E-state index contributed by atoms with van der Waals surface area (Å²) in [4.78, 5) is 7.91. The van der Waals surface area contributed by atoms with Crippen molar-refractivity contribution in [2.75, 3.05) is 36.4 Å². The van der Waals surface area contributed by atoms with E-state index in [0.717, 1.165) is 47.4 Å². The first-order valence-electron chi connectivity index (χ1n) is 9.00. The Bertz CT molecular complexity index is 914. The molecule has 2 N–H and O–H groups in total. The summed E-state index contributed by atoms with van der Waals surface area (Å²) in [6.07, 6.45) is 5.85. The van der Waals surface area contributed by atoms with Crippen LogP contribution in [0.1, 0.15) is 10.4 Å². The third kappa shape index (κ3) is 4.67. The van der Waals surface area contributed by atoms with E-state index in [4.69, 9.17) is 0 Å². The number of hydrogen-bond acceptors (Lipinski definition) is 6. The van der Waals surface area contributed by atoms with Gasteiger partial charge in [-0.25, -0.2) is 4.98 Å². The third-order valence-electron chi connectivity index (χ3n) is 4.42. The molecule has 1 saturated heterocycles. The Morgan fingerprint density at radius 1 is 1.07 bits per heavy atom. The Hall–Kier alpha value is -2.83. The van der Waals surface area contributed by atoms with Crippen molar-refractivity contribution in [3.63, 3.8) is 0 Å². The van der Waals surface area contributed by atoms with Crippen LogP contribution in [0, 0.1) is 0 Å². The minimum Gasteiger partial charge on any atom is -0.872 e. The molecule has 0 spiro atoms. The lowest BCUT2D eigenvalue weighted by Gasteiger charge is -2.29. The van der Waals surface area contributed by atoms with E-state index < -0.39 is 0 Å². The van der Waals surface area contributed by atoms with Gasteiger partial charge in [-0.3, -0.25) is 0 Å². The zero-order valence-corrected chi connectivity index (χ0v) is 15.7. The highest BCUT2D eigenvalue weighted by molar-refractivity contribution is 7.16. The number of rotatable bonds is 5. The monoisotopic (exact) mass is 377 g/mol. The van der Waals surface area contributed by atoms with Crippen LogP contribution in [0.4, 0.5) is 16.5 Å². The number of hydrogen-bond donors (Lipinski definition) is 2. The maximum absolute atomic E-state index is 11.2. The van der Waals surface area contributed by atoms with E-state index in [-0.39, 0.29) is 5.75 Å². The predicted molar refractivity (Wildman–Crippen MR) is 112 cm³/mol. The van der Waals surface area contributed by atoms with Gasteiger partial charge in [0.05, 0.1) is 0 Å². The molecular formula is C21H21N4OS-. The summed E-state index contributed by atoms with van der Waals surface area (Å²) in [5.41, 5.74) is 3.28. The van der Waals surface area contributed by atoms with Crippen molar-refractivity contribution in [2.24, 2.45) is 0 Å². The van der Waals surface area contributed by atoms with Gasteiger partial charge in [-0.15, -0.1) is 5.75 Å². The summed E-state index contributed by atoms with van der Waals surface area (Å²) in [6.45, 7) is 4.11. The molecule has 0 unspecified atom stereocenters. The molecule has 1 aliphatic heterocycles. The van der Waals surface area contributed by atoms with Gasteiger partial charge in [-0.05, 0) is 29.8 Å². The van der Waals surface area contributed by atoms with E-state index >= 15 is 0 Å². The van der Waals surface area contributed by atoms with Crippen molar-refractivity contribution >= 4 is 40.0 Å². The molecule has 4 rings (SSSR count). The lowest BCUT2D eigenvalue weighted by molar-refractivity contribution is -0.268. The van der Waals surface area contributed by atoms with Gasteiger partial charge in [0.15, 0.2) is 5.13 Å². The molecule has 0 bridgehead atoms. The molecule has 138 valence electrons. The zero-order chi connectivity index (χ0) is 18.5. The van der Waals surface area contributed by atoms with Gasteiger partial charge in [0.25, 0.3) is 0 Å². The third-order valence-corrected chi connectivity index (χ3v) is 5.30. The highest BCUT2D eigenvalue weighted by Crippen LogP contribution is 2.27. The lowest BCUT2D eigenvalue weighted by Crippen LogP contribution is -2.43. The van der Waals surface area contributed by atoms with Crippen LogP contribution in [-0.4, -0.2) is 31.2 Å². The largest absolute Gasteiger partial charge is 0.872 e. The van der Waals surface area contributed by atoms with Crippen molar-refractivity contribution < 1.29 is 5.11 Å². The molecule has 2 heterocycles. The number of benzene rings is 2.